The minimum atomic E-state index is -0.574. The molecule has 0 radical (unpaired) electrons. The zero-order chi connectivity index (χ0) is 26.0. The van der Waals surface area contributed by atoms with Gasteiger partial charge in [0.1, 0.15) is 0 Å². The molecule has 1 aliphatic heterocycles. The predicted molar refractivity (Wildman–Crippen MR) is 143 cm³/mol. The third-order valence-electron chi connectivity index (χ3n) is 8.18. The predicted octanol–water partition coefficient (Wildman–Crippen LogP) is 5.79. The van der Waals surface area contributed by atoms with Gasteiger partial charge in [-0.25, -0.2) is 5.01 Å². The third kappa shape index (κ3) is 3.21. The van der Waals surface area contributed by atoms with Crippen molar-refractivity contribution in [2.45, 2.75) is 18.4 Å². The smallest absolute Gasteiger partial charge is 0.272 e. The summed E-state index contributed by atoms with van der Waals surface area (Å²) in [5, 5.41) is 2.67. The first kappa shape index (κ1) is 22.9. The molecule has 0 unspecified atom stereocenters. The number of nitrogens with zero attached hydrogens (tertiary/aromatic N) is 2. The van der Waals surface area contributed by atoms with Gasteiger partial charge in [0.2, 0.25) is 0 Å². The minimum absolute atomic E-state index is 0.0665. The number of carbonyl (C=O) groups is 3. The van der Waals surface area contributed by atoms with Gasteiger partial charge in [0.25, 0.3) is 17.7 Å². The van der Waals surface area contributed by atoms with E-state index in [4.69, 9.17) is 11.6 Å². The van der Waals surface area contributed by atoms with Crippen molar-refractivity contribution in [2.75, 3.05) is 0 Å². The fourth-order valence-corrected chi connectivity index (χ4v) is 6.88. The zero-order valence-corrected chi connectivity index (χ0v) is 21.1. The molecule has 2 atom stereocenters. The number of benzene rings is 4. The maximum absolute atomic E-state index is 14.3. The molecule has 4 aliphatic rings. The van der Waals surface area contributed by atoms with Gasteiger partial charge in [-0.3, -0.25) is 14.4 Å². The summed E-state index contributed by atoms with van der Waals surface area (Å²) in [6.07, 6.45) is 0. The molecule has 4 aromatic carbocycles. The molecule has 1 fully saturated rings. The highest BCUT2D eigenvalue weighted by Crippen LogP contribution is 2.61. The van der Waals surface area contributed by atoms with E-state index in [1.165, 1.54) is 5.01 Å². The highest BCUT2D eigenvalue weighted by Gasteiger charge is 2.63. The van der Waals surface area contributed by atoms with Crippen molar-refractivity contribution >= 4 is 29.3 Å². The average molecular weight is 519 g/mol. The van der Waals surface area contributed by atoms with Crippen LogP contribution in [0.2, 0.25) is 5.02 Å². The van der Waals surface area contributed by atoms with Crippen molar-refractivity contribution in [1.82, 2.24) is 10.0 Å². The monoisotopic (exact) mass is 518 g/mol. The number of hydrogen-bond donors (Lipinski definition) is 0. The summed E-state index contributed by atoms with van der Waals surface area (Å²) < 4.78 is 0. The summed E-state index contributed by atoms with van der Waals surface area (Å²) in [5.41, 5.74) is 5.41. The largest absolute Gasteiger partial charge is 0.274 e. The molecule has 5 nitrogen and oxygen atoms in total. The first-order valence-corrected chi connectivity index (χ1v) is 13.1. The van der Waals surface area contributed by atoms with Crippen LogP contribution in [-0.2, 0) is 16.1 Å². The lowest BCUT2D eigenvalue weighted by atomic mass is 9.55. The highest BCUT2D eigenvalue weighted by atomic mass is 35.5. The Morgan fingerprint density at radius 1 is 0.658 bits per heavy atom. The van der Waals surface area contributed by atoms with Gasteiger partial charge in [0.15, 0.2) is 0 Å². The first-order chi connectivity index (χ1) is 18.6. The molecule has 2 bridgehead atoms. The fraction of sp³-hybridized carbons (Fsp3) is 0.156. The van der Waals surface area contributed by atoms with Crippen LogP contribution in [0.15, 0.2) is 103 Å². The normalized spacial score (nSPS) is 22.6. The van der Waals surface area contributed by atoms with E-state index in [1.807, 2.05) is 54.6 Å². The van der Waals surface area contributed by atoms with Crippen molar-refractivity contribution in [3.8, 4) is 0 Å². The summed E-state index contributed by atoms with van der Waals surface area (Å²) in [6, 6.07) is 32.3. The van der Waals surface area contributed by atoms with Crippen LogP contribution in [0.5, 0.6) is 0 Å². The number of hydrazine groups is 1. The molecule has 0 spiro atoms. The number of hydrogen-bond acceptors (Lipinski definition) is 3. The number of rotatable bonds is 4. The lowest BCUT2D eigenvalue weighted by molar-refractivity contribution is -0.155. The Labute approximate surface area is 225 Å². The minimum Gasteiger partial charge on any atom is -0.272 e. The third-order valence-corrected chi connectivity index (χ3v) is 8.51. The van der Waals surface area contributed by atoms with E-state index in [2.05, 4.69) is 24.3 Å². The Balaban J connectivity index is 1.36. The van der Waals surface area contributed by atoms with Crippen LogP contribution < -0.4 is 0 Å². The van der Waals surface area contributed by atoms with Gasteiger partial charge >= 0.3 is 0 Å². The highest BCUT2D eigenvalue weighted by molar-refractivity contribution is 6.33. The van der Waals surface area contributed by atoms with E-state index in [1.54, 1.807) is 24.3 Å². The van der Waals surface area contributed by atoms with E-state index in [0.717, 1.165) is 32.8 Å². The Hall–Kier alpha value is -4.22. The molecule has 4 aromatic rings. The molecule has 3 amide bonds. The van der Waals surface area contributed by atoms with Gasteiger partial charge in [0, 0.05) is 11.8 Å². The van der Waals surface area contributed by atoms with Gasteiger partial charge < -0.3 is 0 Å². The van der Waals surface area contributed by atoms with Crippen LogP contribution in [0.25, 0.3) is 0 Å². The molecule has 1 saturated heterocycles. The lowest BCUT2D eigenvalue weighted by Crippen LogP contribution is -2.50. The lowest BCUT2D eigenvalue weighted by Gasteiger charge is -2.45. The van der Waals surface area contributed by atoms with Crippen molar-refractivity contribution in [2.24, 2.45) is 11.8 Å². The second kappa shape index (κ2) is 8.67. The van der Waals surface area contributed by atoms with Crippen LogP contribution in [0, 0.1) is 11.8 Å². The number of amides is 3. The number of carbonyl (C=O) groups excluding carboxylic acids is 3. The number of halogens is 1. The van der Waals surface area contributed by atoms with Gasteiger partial charge in [-0.15, -0.1) is 0 Å². The van der Waals surface area contributed by atoms with Crippen molar-refractivity contribution in [1.29, 1.82) is 0 Å². The molecule has 6 heteroatoms. The molecule has 1 heterocycles. The van der Waals surface area contributed by atoms with Gasteiger partial charge in [-0.1, -0.05) is 103 Å². The van der Waals surface area contributed by atoms with E-state index in [9.17, 15) is 14.4 Å². The van der Waals surface area contributed by atoms with Crippen LogP contribution in [-0.4, -0.2) is 27.7 Å². The topological polar surface area (TPSA) is 57.7 Å². The molecule has 38 heavy (non-hydrogen) atoms. The Bertz CT molecular complexity index is 1500. The molecule has 0 N–H and O–H groups in total. The summed E-state index contributed by atoms with van der Waals surface area (Å²) in [5.74, 6) is -2.79. The van der Waals surface area contributed by atoms with Gasteiger partial charge in [-0.2, -0.15) is 5.01 Å². The molecular weight excluding hydrogens is 496 g/mol. The van der Waals surface area contributed by atoms with E-state index >= 15 is 0 Å². The SMILES string of the molecule is O=C(c1ccccc1Cl)N(Cc1ccccc1)N1C(=O)[C@@H]2C3c4ccccc4C(c4ccccc43)[C@H]2C1=O. The maximum atomic E-state index is 14.3. The van der Waals surface area contributed by atoms with Crippen molar-refractivity contribution in [3.05, 3.63) is 142 Å². The Kier molecular flexibility index (Phi) is 5.24. The molecule has 186 valence electrons. The number of imide groups is 1. The summed E-state index contributed by atoms with van der Waals surface area (Å²) in [7, 11) is 0. The van der Waals surface area contributed by atoms with Crippen LogP contribution in [0.4, 0.5) is 0 Å². The zero-order valence-electron chi connectivity index (χ0n) is 20.3. The molecule has 3 aliphatic carbocycles. The summed E-state index contributed by atoms with van der Waals surface area (Å²) >= 11 is 6.41. The van der Waals surface area contributed by atoms with E-state index in [-0.39, 0.29) is 40.8 Å². The maximum Gasteiger partial charge on any atom is 0.274 e. The van der Waals surface area contributed by atoms with Crippen molar-refractivity contribution in [3.63, 3.8) is 0 Å². The van der Waals surface area contributed by atoms with Gasteiger partial charge in [-0.05, 0) is 39.9 Å². The standard InChI is InChI=1S/C32H23ClN2O3/c33-25-17-9-8-16-24(25)30(36)34(18-19-10-2-1-3-11-19)35-31(37)28-26-20-12-4-5-13-21(20)27(29(28)32(35)38)23-15-7-6-14-22(23)26/h1-17,26-29H,18H2/t26?,27?,28-,29-/m1/s1. The van der Waals surface area contributed by atoms with Crippen LogP contribution in [0.1, 0.15) is 50.0 Å². The molecular formula is C32H23ClN2O3. The second-order valence-electron chi connectivity index (χ2n) is 10.1. The second-order valence-corrected chi connectivity index (χ2v) is 10.5. The first-order valence-electron chi connectivity index (χ1n) is 12.7. The van der Waals surface area contributed by atoms with E-state index in [0.29, 0.717) is 0 Å². The molecule has 0 aromatic heterocycles. The molecule has 8 rings (SSSR count). The quantitative estimate of drug-likeness (QED) is 0.321. The Morgan fingerprint density at radius 2 is 1.11 bits per heavy atom. The van der Waals surface area contributed by atoms with E-state index < -0.39 is 17.7 Å². The summed E-state index contributed by atoms with van der Waals surface area (Å²) in [4.78, 5) is 42.5. The Morgan fingerprint density at radius 3 is 1.61 bits per heavy atom. The van der Waals surface area contributed by atoms with Crippen LogP contribution in [0.3, 0.4) is 0 Å². The van der Waals surface area contributed by atoms with Crippen LogP contribution >= 0.6 is 11.6 Å². The van der Waals surface area contributed by atoms with Gasteiger partial charge in [0.05, 0.1) is 29.0 Å². The fourth-order valence-electron chi connectivity index (χ4n) is 6.66. The van der Waals surface area contributed by atoms with Crippen molar-refractivity contribution < 1.29 is 14.4 Å². The average Bonchev–Trinajstić information content (AvgIpc) is 3.22. The molecule has 0 saturated carbocycles. The summed E-state index contributed by atoms with van der Waals surface area (Å²) in [6.45, 7) is 0.0665.